The maximum atomic E-state index is 11.9. The monoisotopic (exact) mass is 383 g/mol. The molecule has 0 atom stereocenters. The van der Waals surface area contributed by atoms with Gasteiger partial charge in [-0.15, -0.1) is 0 Å². The minimum absolute atomic E-state index is 0.228. The van der Waals surface area contributed by atoms with Gasteiger partial charge in [0.1, 0.15) is 6.29 Å². The summed E-state index contributed by atoms with van der Waals surface area (Å²) in [6, 6.07) is 4.76. The minimum atomic E-state index is -0.228. The molecule has 0 unspecified atom stereocenters. The summed E-state index contributed by atoms with van der Waals surface area (Å²) in [5, 5.41) is 2.74. The Morgan fingerprint density at radius 1 is 0.852 bits per heavy atom. The molecular formula is C18H29N3O6. The highest BCUT2D eigenvalue weighted by Crippen LogP contribution is 2.15. The van der Waals surface area contributed by atoms with Crippen molar-refractivity contribution in [3.8, 4) is 0 Å². The number of nitrogens with two attached hydrogens (primary N) is 2. The highest BCUT2D eigenvalue weighted by atomic mass is 16.6. The zero-order chi connectivity index (χ0) is 19.7. The van der Waals surface area contributed by atoms with Crippen molar-refractivity contribution in [2.45, 2.75) is 6.42 Å². The van der Waals surface area contributed by atoms with Gasteiger partial charge in [0.25, 0.3) is 5.91 Å². The summed E-state index contributed by atoms with van der Waals surface area (Å²) in [6.07, 6.45) is 1.23. The van der Waals surface area contributed by atoms with Gasteiger partial charge in [-0.2, -0.15) is 0 Å². The maximum absolute atomic E-state index is 11.9. The van der Waals surface area contributed by atoms with Gasteiger partial charge >= 0.3 is 0 Å². The van der Waals surface area contributed by atoms with Gasteiger partial charge in [-0.05, 0) is 18.2 Å². The summed E-state index contributed by atoms with van der Waals surface area (Å²) in [5.74, 6) is -0.228. The van der Waals surface area contributed by atoms with E-state index in [1.54, 1.807) is 18.2 Å². The van der Waals surface area contributed by atoms with Crippen LogP contribution in [0.3, 0.4) is 0 Å². The number of aldehydes is 1. The van der Waals surface area contributed by atoms with E-state index in [1.165, 1.54) is 0 Å². The van der Waals surface area contributed by atoms with Crippen LogP contribution in [0.1, 0.15) is 16.8 Å². The molecule has 5 N–H and O–H groups in total. The van der Waals surface area contributed by atoms with E-state index in [-0.39, 0.29) is 5.91 Å². The molecule has 1 amide bonds. The van der Waals surface area contributed by atoms with E-state index in [1.807, 2.05) is 0 Å². The number of nitrogens with one attached hydrogen (secondary N) is 1. The third-order valence-electron chi connectivity index (χ3n) is 3.38. The van der Waals surface area contributed by atoms with Gasteiger partial charge in [-0.3, -0.25) is 4.79 Å². The summed E-state index contributed by atoms with van der Waals surface area (Å²) in [6.45, 7) is 3.94. The summed E-state index contributed by atoms with van der Waals surface area (Å²) in [7, 11) is 0. The smallest absolute Gasteiger partial charge is 0.251 e. The number of anilines is 2. The van der Waals surface area contributed by atoms with Crippen molar-refractivity contribution in [2.24, 2.45) is 0 Å². The number of rotatable bonds is 16. The molecule has 9 heteroatoms. The molecule has 9 nitrogen and oxygen atoms in total. The van der Waals surface area contributed by atoms with Gasteiger partial charge in [0.15, 0.2) is 0 Å². The molecule has 0 radical (unpaired) electrons. The van der Waals surface area contributed by atoms with Crippen LogP contribution in [0.2, 0.25) is 0 Å². The second kappa shape index (κ2) is 14.9. The molecule has 0 aliphatic rings. The summed E-state index contributed by atoms with van der Waals surface area (Å²) in [5.41, 5.74) is 12.6. The Bertz CT molecular complexity index is 556. The minimum Gasteiger partial charge on any atom is -0.397 e. The van der Waals surface area contributed by atoms with Crippen LogP contribution < -0.4 is 16.8 Å². The number of carbonyl (C=O) groups excluding carboxylic acids is 2. The predicted molar refractivity (Wildman–Crippen MR) is 102 cm³/mol. The van der Waals surface area contributed by atoms with E-state index in [0.29, 0.717) is 82.8 Å². The Balaban J connectivity index is 1.88. The fourth-order valence-corrected chi connectivity index (χ4v) is 1.95. The molecule has 0 aliphatic carbocycles. The molecule has 1 rings (SSSR count). The zero-order valence-corrected chi connectivity index (χ0v) is 15.5. The van der Waals surface area contributed by atoms with E-state index in [4.69, 9.17) is 30.4 Å². The average molecular weight is 383 g/mol. The molecule has 0 bridgehead atoms. The Hall–Kier alpha value is -2.20. The molecular weight excluding hydrogens is 354 g/mol. The summed E-state index contributed by atoms with van der Waals surface area (Å²) >= 11 is 0. The molecule has 0 aromatic heterocycles. The van der Waals surface area contributed by atoms with E-state index in [9.17, 15) is 9.59 Å². The molecule has 0 heterocycles. The van der Waals surface area contributed by atoms with Gasteiger partial charge in [-0.1, -0.05) is 0 Å². The molecule has 152 valence electrons. The van der Waals surface area contributed by atoms with Crippen molar-refractivity contribution >= 4 is 23.6 Å². The number of hydrogen-bond acceptors (Lipinski definition) is 8. The third-order valence-corrected chi connectivity index (χ3v) is 3.38. The highest BCUT2D eigenvalue weighted by Gasteiger charge is 2.06. The van der Waals surface area contributed by atoms with Gasteiger partial charge < -0.3 is 40.5 Å². The lowest BCUT2D eigenvalue weighted by atomic mass is 10.1. The maximum Gasteiger partial charge on any atom is 0.251 e. The standard InChI is InChI=1S/C18H29N3O6/c19-16-3-2-15(14-17(16)20)18(23)21-4-7-25-9-11-27-13-12-26-10-8-24-6-1-5-22/h2-3,5,14H,1,4,6-13,19-20H2,(H,21,23). The topological polar surface area (TPSA) is 135 Å². The normalized spacial score (nSPS) is 10.7. The number of hydrogen-bond donors (Lipinski definition) is 3. The van der Waals surface area contributed by atoms with Gasteiger partial charge in [0.05, 0.1) is 64.2 Å². The van der Waals surface area contributed by atoms with Crippen molar-refractivity contribution in [1.82, 2.24) is 5.32 Å². The number of carbonyl (C=O) groups is 2. The largest absolute Gasteiger partial charge is 0.397 e. The van der Waals surface area contributed by atoms with Crippen LogP contribution in [0.5, 0.6) is 0 Å². The first-order valence-electron chi connectivity index (χ1n) is 8.83. The molecule has 0 aliphatic heterocycles. The first-order valence-corrected chi connectivity index (χ1v) is 8.83. The third kappa shape index (κ3) is 11.2. The molecule has 0 fully saturated rings. The summed E-state index contributed by atoms with van der Waals surface area (Å²) < 4.78 is 21.2. The lowest BCUT2D eigenvalue weighted by Crippen LogP contribution is -2.27. The fourth-order valence-electron chi connectivity index (χ4n) is 1.95. The highest BCUT2D eigenvalue weighted by molar-refractivity contribution is 5.95. The van der Waals surface area contributed by atoms with Crippen LogP contribution in [0.15, 0.2) is 18.2 Å². The van der Waals surface area contributed by atoms with E-state index < -0.39 is 0 Å². The van der Waals surface area contributed by atoms with E-state index >= 15 is 0 Å². The van der Waals surface area contributed by atoms with Crippen molar-refractivity contribution in [2.75, 3.05) is 70.9 Å². The Morgan fingerprint density at radius 3 is 1.96 bits per heavy atom. The molecule has 0 saturated heterocycles. The van der Waals surface area contributed by atoms with Crippen LogP contribution in [-0.2, 0) is 23.7 Å². The summed E-state index contributed by atoms with van der Waals surface area (Å²) in [4.78, 5) is 22.0. The number of ether oxygens (including phenoxy) is 4. The second-order valence-corrected chi connectivity index (χ2v) is 5.50. The van der Waals surface area contributed by atoms with Crippen LogP contribution >= 0.6 is 0 Å². The van der Waals surface area contributed by atoms with Crippen molar-refractivity contribution in [3.63, 3.8) is 0 Å². The average Bonchev–Trinajstić information content (AvgIpc) is 2.66. The lowest BCUT2D eigenvalue weighted by Gasteiger charge is -2.08. The molecule has 0 spiro atoms. The fraction of sp³-hybridized carbons (Fsp3) is 0.556. The van der Waals surface area contributed by atoms with Gasteiger partial charge in [0.2, 0.25) is 0 Å². The Kier molecular flexibility index (Phi) is 12.6. The lowest BCUT2D eigenvalue weighted by molar-refractivity contribution is -0.108. The zero-order valence-electron chi connectivity index (χ0n) is 15.5. The number of benzene rings is 1. The number of amides is 1. The van der Waals surface area contributed by atoms with Crippen molar-refractivity contribution in [1.29, 1.82) is 0 Å². The second-order valence-electron chi connectivity index (χ2n) is 5.50. The first kappa shape index (κ1) is 22.8. The first-order chi connectivity index (χ1) is 13.1. The van der Waals surface area contributed by atoms with Crippen molar-refractivity contribution < 1.29 is 28.5 Å². The molecule has 1 aromatic rings. The Morgan fingerprint density at radius 2 is 1.41 bits per heavy atom. The SMILES string of the molecule is Nc1ccc(C(=O)NCCOCCOCCOCCOCCC=O)cc1N. The van der Waals surface area contributed by atoms with Crippen LogP contribution in [-0.4, -0.2) is 71.6 Å². The van der Waals surface area contributed by atoms with Gasteiger partial charge in [0, 0.05) is 18.5 Å². The quantitative estimate of drug-likeness (QED) is 0.210. The van der Waals surface area contributed by atoms with Crippen LogP contribution in [0, 0.1) is 0 Å². The molecule has 1 aromatic carbocycles. The van der Waals surface area contributed by atoms with E-state index in [2.05, 4.69) is 5.32 Å². The van der Waals surface area contributed by atoms with Crippen LogP contribution in [0.25, 0.3) is 0 Å². The van der Waals surface area contributed by atoms with Gasteiger partial charge in [-0.25, -0.2) is 0 Å². The van der Waals surface area contributed by atoms with Crippen molar-refractivity contribution in [3.05, 3.63) is 23.8 Å². The van der Waals surface area contributed by atoms with E-state index in [0.717, 1.165) is 6.29 Å². The molecule has 0 saturated carbocycles. The van der Waals surface area contributed by atoms with Crippen LogP contribution in [0.4, 0.5) is 11.4 Å². The Labute approximate surface area is 159 Å². The number of nitrogen functional groups attached to an aromatic ring is 2. The predicted octanol–water partition coefficient (Wildman–Crippen LogP) is 0.236. The molecule has 27 heavy (non-hydrogen) atoms.